The van der Waals surface area contributed by atoms with E-state index in [2.05, 4.69) is 24.9 Å². The van der Waals surface area contributed by atoms with Crippen molar-refractivity contribution in [3.8, 4) is 0 Å². The van der Waals surface area contributed by atoms with Gasteiger partial charge in [0, 0.05) is 26.2 Å². The van der Waals surface area contributed by atoms with E-state index < -0.39 is 0 Å². The molecular weight excluding hydrogens is 308 g/mol. The molecule has 1 aliphatic rings. The molecule has 0 spiro atoms. The number of aromatic nitrogens is 4. The number of aryl methyl sites for hydroxylation is 1. The summed E-state index contributed by atoms with van der Waals surface area (Å²) in [5, 5.41) is 13.5. The van der Waals surface area contributed by atoms with E-state index in [9.17, 15) is 0 Å². The second-order valence-electron chi connectivity index (χ2n) is 5.98. The van der Waals surface area contributed by atoms with Gasteiger partial charge < -0.3 is 14.4 Å². The fraction of sp³-hybridized carbons (Fsp3) is 0.438. The van der Waals surface area contributed by atoms with E-state index in [1.54, 1.807) is 6.20 Å². The smallest absolute Gasteiger partial charge is 0.176 e. The fourth-order valence-electron chi connectivity index (χ4n) is 3.07. The monoisotopic (exact) mass is 328 g/mol. The van der Waals surface area contributed by atoms with Crippen LogP contribution in [0.4, 0.5) is 5.82 Å². The molecule has 0 aliphatic carbocycles. The Hall–Kier alpha value is -2.45. The lowest BCUT2D eigenvalue weighted by molar-refractivity contribution is 0.211. The molecule has 0 amide bonds. The Labute approximate surface area is 139 Å². The highest BCUT2D eigenvalue weighted by Crippen LogP contribution is 2.18. The number of piperazine rings is 1. The van der Waals surface area contributed by atoms with Crippen molar-refractivity contribution in [1.82, 2.24) is 24.5 Å². The van der Waals surface area contributed by atoms with Crippen LogP contribution in [0, 0.1) is 6.92 Å². The van der Waals surface area contributed by atoms with Crippen molar-refractivity contribution < 1.29 is 9.52 Å². The summed E-state index contributed by atoms with van der Waals surface area (Å²) in [5.41, 5.74) is 0.777. The molecular formula is C16H20N6O2. The van der Waals surface area contributed by atoms with Gasteiger partial charge in [0.15, 0.2) is 11.5 Å². The highest BCUT2D eigenvalue weighted by atomic mass is 16.4. The summed E-state index contributed by atoms with van der Waals surface area (Å²) in [7, 11) is 0. The third-order valence-corrected chi connectivity index (χ3v) is 4.28. The number of aliphatic hydroxyl groups excluding tert-OH is 1. The van der Waals surface area contributed by atoms with Gasteiger partial charge in [-0.2, -0.15) is 4.52 Å². The number of rotatable bonds is 4. The van der Waals surface area contributed by atoms with E-state index in [1.807, 2.05) is 29.8 Å². The zero-order valence-corrected chi connectivity index (χ0v) is 13.6. The minimum Gasteiger partial charge on any atom is -0.462 e. The van der Waals surface area contributed by atoms with Crippen molar-refractivity contribution in [2.24, 2.45) is 0 Å². The van der Waals surface area contributed by atoms with Crippen LogP contribution in [0.15, 0.2) is 28.9 Å². The molecule has 0 radical (unpaired) electrons. The minimum atomic E-state index is -0.0535. The van der Waals surface area contributed by atoms with Crippen LogP contribution in [0.3, 0.4) is 0 Å². The molecule has 0 unspecified atom stereocenters. The first-order valence-corrected chi connectivity index (χ1v) is 8.06. The first-order valence-electron chi connectivity index (χ1n) is 8.06. The van der Waals surface area contributed by atoms with Gasteiger partial charge in [0.1, 0.15) is 24.0 Å². The SMILES string of the molecule is Cc1nc2cncc(N3CCN(Cc4ccc(CO)o4)CC3)n2n1. The van der Waals surface area contributed by atoms with Crippen LogP contribution < -0.4 is 4.90 Å². The predicted octanol–water partition coefficient (Wildman–Crippen LogP) is 0.840. The van der Waals surface area contributed by atoms with Gasteiger partial charge in [-0.1, -0.05) is 0 Å². The molecule has 1 fully saturated rings. The molecule has 3 aromatic rings. The molecule has 1 N–H and O–H groups in total. The van der Waals surface area contributed by atoms with Crippen molar-refractivity contribution in [3.63, 3.8) is 0 Å². The highest BCUT2D eigenvalue weighted by molar-refractivity contribution is 5.47. The number of hydrogen-bond donors (Lipinski definition) is 1. The molecule has 126 valence electrons. The maximum atomic E-state index is 9.07. The quantitative estimate of drug-likeness (QED) is 0.760. The summed E-state index contributed by atoms with van der Waals surface area (Å²) in [4.78, 5) is 13.3. The Morgan fingerprint density at radius 3 is 2.67 bits per heavy atom. The second-order valence-corrected chi connectivity index (χ2v) is 5.98. The molecule has 8 nitrogen and oxygen atoms in total. The molecule has 0 saturated carbocycles. The van der Waals surface area contributed by atoms with Crippen LogP contribution >= 0.6 is 0 Å². The topological polar surface area (TPSA) is 82.9 Å². The largest absolute Gasteiger partial charge is 0.462 e. The van der Waals surface area contributed by atoms with Gasteiger partial charge in [-0.25, -0.2) is 4.98 Å². The van der Waals surface area contributed by atoms with Crippen LogP contribution in [-0.4, -0.2) is 55.8 Å². The summed E-state index contributed by atoms with van der Waals surface area (Å²) in [6.45, 7) is 6.25. The van der Waals surface area contributed by atoms with Gasteiger partial charge in [-0.15, -0.1) is 5.10 Å². The summed E-state index contributed by atoms with van der Waals surface area (Å²) < 4.78 is 7.43. The number of anilines is 1. The highest BCUT2D eigenvalue weighted by Gasteiger charge is 2.21. The van der Waals surface area contributed by atoms with Crippen molar-refractivity contribution in [2.75, 3.05) is 31.1 Å². The average Bonchev–Trinajstić information content (AvgIpc) is 3.20. The zero-order valence-electron chi connectivity index (χ0n) is 13.6. The third kappa shape index (κ3) is 2.85. The first kappa shape index (κ1) is 15.1. The summed E-state index contributed by atoms with van der Waals surface area (Å²) in [6.07, 6.45) is 3.58. The van der Waals surface area contributed by atoms with Crippen LogP contribution in [0.2, 0.25) is 0 Å². The summed E-state index contributed by atoms with van der Waals surface area (Å²) in [6, 6.07) is 3.76. The average molecular weight is 328 g/mol. The van der Waals surface area contributed by atoms with Crippen LogP contribution in [0.1, 0.15) is 17.3 Å². The Morgan fingerprint density at radius 2 is 1.92 bits per heavy atom. The Morgan fingerprint density at radius 1 is 1.12 bits per heavy atom. The van der Waals surface area contributed by atoms with Gasteiger partial charge >= 0.3 is 0 Å². The lowest BCUT2D eigenvalue weighted by atomic mass is 10.3. The van der Waals surface area contributed by atoms with E-state index in [-0.39, 0.29) is 6.61 Å². The molecule has 4 rings (SSSR count). The van der Waals surface area contributed by atoms with Crippen molar-refractivity contribution in [3.05, 3.63) is 41.9 Å². The third-order valence-electron chi connectivity index (χ3n) is 4.28. The molecule has 3 aromatic heterocycles. The minimum absolute atomic E-state index is 0.0535. The number of aliphatic hydroxyl groups is 1. The van der Waals surface area contributed by atoms with Crippen LogP contribution in [0.5, 0.6) is 0 Å². The summed E-state index contributed by atoms with van der Waals surface area (Å²) >= 11 is 0. The Balaban J connectivity index is 1.43. The van der Waals surface area contributed by atoms with Crippen molar-refractivity contribution in [2.45, 2.75) is 20.1 Å². The predicted molar refractivity (Wildman–Crippen MR) is 87.6 cm³/mol. The molecule has 0 aromatic carbocycles. The maximum absolute atomic E-state index is 9.07. The Bertz CT molecular complexity index is 834. The Kier molecular flexibility index (Phi) is 3.91. The molecule has 0 atom stereocenters. The number of hydrogen-bond acceptors (Lipinski definition) is 7. The van der Waals surface area contributed by atoms with E-state index in [1.165, 1.54) is 0 Å². The lowest BCUT2D eigenvalue weighted by Gasteiger charge is -2.35. The van der Waals surface area contributed by atoms with Crippen molar-refractivity contribution in [1.29, 1.82) is 0 Å². The number of furan rings is 1. The van der Waals surface area contributed by atoms with E-state index in [0.29, 0.717) is 5.76 Å². The van der Waals surface area contributed by atoms with Gasteiger partial charge in [-0.05, 0) is 19.1 Å². The standard InChI is InChI=1S/C16H20N6O2/c1-12-18-15-8-17-9-16(22(15)19-12)21-6-4-20(5-7-21)10-13-2-3-14(11-23)24-13/h2-3,8-9,23H,4-7,10-11H2,1H3. The first-order chi connectivity index (χ1) is 11.7. The molecule has 24 heavy (non-hydrogen) atoms. The maximum Gasteiger partial charge on any atom is 0.176 e. The van der Waals surface area contributed by atoms with Crippen LogP contribution in [0.25, 0.3) is 5.65 Å². The zero-order chi connectivity index (χ0) is 16.5. The molecule has 1 saturated heterocycles. The molecule has 8 heteroatoms. The summed E-state index contributed by atoms with van der Waals surface area (Å²) in [5.74, 6) is 3.24. The van der Waals surface area contributed by atoms with E-state index in [4.69, 9.17) is 9.52 Å². The van der Waals surface area contributed by atoms with E-state index in [0.717, 1.165) is 55.8 Å². The molecule has 1 aliphatic heterocycles. The normalized spacial score (nSPS) is 16.2. The lowest BCUT2D eigenvalue weighted by Crippen LogP contribution is -2.46. The second kappa shape index (κ2) is 6.21. The fourth-order valence-corrected chi connectivity index (χ4v) is 3.07. The van der Waals surface area contributed by atoms with Gasteiger partial charge in [0.2, 0.25) is 0 Å². The molecule has 4 heterocycles. The molecule has 0 bridgehead atoms. The number of fused-ring (bicyclic) bond motifs is 1. The van der Waals surface area contributed by atoms with Crippen molar-refractivity contribution >= 4 is 11.5 Å². The van der Waals surface area contributed by atoms with E-state index >= 15 is 0 Å². The van der Waals surface area contributed by atoms with Gasteiger partial charge in [0.25, 0.3) is 0 Å². The van der Waals surface area contributed by atoms with Gasteiger partial charge in [0.05, 0.1) is 18.9 Å². The number of nitrogens with zero attached hydrogens (tertiary/aromatic N) is 6. The van der Waals surface area contributed by atoms with Crippen LogP contribution in [-0.2, 0) is 13.2 Å². The van der Waals surface area contributed by atoms with Gasteiger partial charge in [-0.3, -0.25) is 9.88 Å².